The second-order valence-corrected chi connectivity index (χ2v) is 6.03. The van der Waals surface area contributed by atoms with Crippen LogP contribution >= 0.6 is 0 Å². The summed E-state index contributed by atoms with van der Waals surface area (Å²) in [7, 11) is 0. The highest BCUT2D eigenvalue weighted by Crippen LogP contribution is 2.26. The van der Waals surface area contributed by atoms with E-state index in [0.717, 1.165) is 28.0 Å². The van der Waals surface area contributed by atoms with Crippen LogP contribution in [0.3, 0.4) is 0 Å². The molecule has 5 heteroatoms. The fraction of sp³-hybridized carbons (Fsp3) is 0.143. The highest BCUT2D eigenvalue weighted by atomic mass is 16.5. The minimum atomic E-state index is -1.05. The number of aliphatic carboxylic acids is 1. The van der Waals surface area contributed by atoms with Crippen molar-refractivity contribution in [2.45, 2.75) is 20.1 Å². The van der Waals surface area contributed by atoms with Gasteiger partial charge in [-0.25, -0.2) is 0 Å². The molecule has 1 heterocycles. The molecule has 1 N–H and O–H groups in total. The Labute approximate surface area is 151 Å². The number of aromatic nitrogens is 1. The predicted octanol–water partition coefficient (Wildman–Crippen LogP) is 3.49. The van der Waals surface area contributed by atoms with Crippen LogP contribution in [0.1, 0.15) is 11.1 Å². The Morgan fingerprint density at radius 1 is 1.08 bits per heavy atom. The number of aryl methyl sites for hydroxylation is 1. The lowest BCUT2D eigenvalue weighted by Crippen LogP contribution is -2.22. The largest absolute Gasteiger partial charge is 0.489 e. The van der Waals surface area contributed by atoms with Crippen molar-refractivity contribution in [3.63, 3.8) is 0 Å². The maximum atomic E-state index is 11.8. The minimum Gasteiger partial charge on any atom is -0.489 e. The van der Waals surface area contributed by atoms with Crippen LogP contribution < -0.4 is 10.3 Å². The van der Waals surface area contributed by atoms with Crippen LogP contribution in [0.4, 0.5) is 0 Å². The number of nitrogens with zero attached hydrogens (tertiary/aromatic N) is 1. The quantitative estimate of drug-likeness (QED) is 0.740. The summed E-state index contributed by atoms with van der Waals surface area (Å²) in [5, 5.41) is 8.92. The van der Waals surface area contributed by atoms with Crippen LogP contribution in [-0.2, 0) is 17.9 Å². The first-order chi connectivity index (χ1) is 12.5. The smallest absolute Gasteiger partial charge is 0.323 e. The summed E-state index contributed by atoms with van der Waals surface area (Å²) >= 11 is 0. The van der Waals surface area contributed by atoms with Crippen molar-refractivity contribution in [2.24, 2.45) is 0 Å². The molecule has 2 aromatic carbocycles. The van der Waals surface area contributed by atoms with E-state index in [9.17, 15) is 9.59 Å². The highest BCUT2D eigenvalue weighted by Gasteiger charge is 2.08. The Morgan fingerprint density at radius 2 is 1.85 bits per heavy atom. The van der Waals surface area contributed by atoms with E-state index in [2.05, 4.69) is 0 Å². The Bertz CT molecular complexity index is 977. The van der Waals surface area contributed by atoms with E-state index in [1.807, 2.05) is 55.5 Å². The van der Waals surface area contributed by atoms with Gasteiger partial charge in [-0.15, -0.1) is 0 Å². The molecule has 1 aromatic heterocycles. The van der Waals surface area contributed by atoms with Gasteiger partial charge in [-0.1, -0.05) is 36.4 Å². The SMILES string of the molecule is Cc1cc(OCc2ccccc2)ccc1-c1ccc(=O)n(CC(=O)O)c1. The van der Waals surface area contributed by atoms with Gasteiger partial charge in [0.25, 0.3) is 5.56 Å². The van der Waals surface area contributed by atoms with E-state index in [1.165, 1.54) is 10.6 Å². The van der Waals surface area contributed by atoms with Crippen LogP contribution in [0.5, 0.6) is 5.75 Å². The molecular formula is C21H19NO4. The van der Waals surface area contributed by atoms with Crippen molar-refractivity contribution < 1.29 is 14.6 Å². The fourth-order valence-electron chi connectivity index (χ4n) is 2.75. The molecule has 0 aliphatic carbocycles. The summed E-state index contributed by atoms with van der Waals surface area (Å²) in [5.41, 5.74) is 3.46. The summed E-state index contributed by atoms with van der Waals surface area (Å²) in [6.45, 7) is 2.09. The molecule has 0 unspecified atom stereocenters. The zero-order valence-corrected chi connectivity index (χ0v) is 14.4. The fourth-order valence-corrected chi connectivity index (χ4v) is 2.75. The lowest BCUT2D eigenvalue weighted by molar-refractivity contribution is -0.137. The second-order valence-electron chi connectivity index (χ2n) is 6.03. The standard InChI is InChI=1S/C21H19NO4/c1-15-11-18(26-14-16-5-3-2-4-6-16)8-9-19(15)17-7-10-20(23)22(12-17)13-21(24)25/h2-12H,13-14H2,1H3,(H,24,25). The van der Waals surface area contributed by atoms with E-state index in [0.29, 0.717) is 6.61 Å². The molecule has 0 aliphatic heterocycles. The first-order valence-electron chi connectivity index (χ1n) is 8.23. The average Bonchev–Trinajstić information content (AvgIpc) is 2.63. The van der Waals surface area contributed by atoms with Gasteiger partial charge in [-0.05, 0) is 47.4 Å². The van der Waals surface area contributed by atoms with Crippen molar-refractivity contribution in [1.29, 1.82) is 0 Å². The van der Waals surface area contributed by atoms with Gasteiger partial charge in [0.1, 0.15) is 18.9 Å². The molecular weight excluding hydrogens is 330 g/mol. The molecule has 0 atom stereocenters. The van der Waals surface area contributed by atoms with E-state index < -0.39 is 5.97 Å². The lowest BCUT2D eigenvalue weighted by atomic mass is 10.0. The normalized spacial score (nSPS) is 10.5. The van der Waals surface area contributed by atoms with Crippen LogP contribution in [0, 0.1) is 6.92 Å². The predicted molar refractivity (Wildman–Crippen MR) is 99.3 cm³/mol. The van der Waals surface area contributed by atoms with Gasteiger partial charge >= 0.3 is 5.97 Å². The van der Waals surface area contributed by atoms with Gasteiger partial charge in [0.05, 0.1) is 0 Å². The molecule has 0 radical (unpaired) electrons. The maximum absolute atomic E-state index is 11.8. The number of pyridine rings is 1. The molecule has 0 saturated heterocycles. The van der Waals surface area contributed by atoms with Crippen LogP contribution in [0.25, 0.3) is 11.1 Å². The van der Waals surface area contributed by atoms with Crippen molar-refractivity contribution >= 4 is 5.97 Å². The van der Waals surface area contributed by atoms with Gasteiger partial charge in [-0.2, -0.15) is 0 Å². The molecule has 132 valence electrons. The Morgan fingerprint density at radius 3 is 2.54 bits per heavy atom. The van der Waals surface area contributed by atoms with Gasteiger partial charge in [0.2, 0.25) is 0 Å². The number of rotatable bonds is 6. The monoisotopic (exact) mass is 349 g/mol. The third-order valence-corrected chi connectivity index (χ3v) is 4.05. The summed E-state index contributed by atoms with van der Waals surface area (Å²) in [6.07, 6.45) is 1.57. The zero-order chi connectivity index (χ0) is 18.5. The Kier molecular flexibility index (Phi) is 5.17. The second kappa shape index (κ2) is 7.70. The summed E-state index contributed by atoms with van der Waals surface area (Å²) in [4.78, 5) is 22.7. The lowest BCUT2D eigenvalue weighted by Gasteiger charge is -2.12. The molecule has 0 spiro atoms. The molecule has 5 nitrogen and oxygen atoms in total. The summed E-state index contributed by atoms with van der Waals surface area (Å²) in [5.74, 6) is -0.292. The molecule has 3 aromatic rings. The number of carbonyl (C=O) groups is 1. The number of carboxylic acids is 1. The van der Waals surface area contributed by atoms with Gasteiger partial charge in [-0.3, -0.25) is 9.59 Å². The Balaban J connectivity index is 1.81. The van der Waals surface area contributed by atoms with Gasteiger partial charge in [0, 0.05) is 12.3 Å². The highest BCUT2D eigenvalue weighted by molar-refractivity contribution is 5.69. The summed E-state index contributed by atoms with van der Waals surface area (Å²) in [6, 6.07) is 18.7. The maximum Gasteiger partial charge on any atom is 0.323 e. The van der Waals surface area contributed by atoms with Crippen LogP contribution in [-0.4, -0.2) is 15.6 Å². The molecule has 0 fully saturated rings. The molecule has 0 bridgehead atoms. The van der Waals surface area contributed by atoms with E-state index >= 15 is 0 Å². The Hall–Kier alpha value is -3.34. The third kappa shape index (κ3) is 4.19. The number of ether oxygens (including phenoxy) is 1. The van der Waals surface area contributed by atoms with E-state index in [1.54, 1.807) is 12.3 Å². The molecule has 0 aliphatic rings. The minimum absolute atomic E-state index is 0.336. The summed E-state index contributed by atoms with van der Waals surface area (Å²) < 4.78 is 7.02. The van der Waals surface area contributed by atoms with Crippen LogP contribution in [0.15, 0.2) is 71.7 Å². The van der Waals surface area contributed by atoms with Crippen molar-refractivity contribution in [3.8, 4) is 16.9 Å². The molecule has 0 saturated carbocycles. The first-order valence-corrected chi connectivity index (χ1v) is 8.23. The van der Waals surface area contributed by atoms with Crippen molar-refractivity contribution in [2.75, 3.05) is 0 Å². The topological polar surface area (TPSA) is 68.5 Å². The van der Waals surface area contributed by atoms with E-state index in [-0.39, 0.29) is 12.1 Å². The number of hydrogen-bond acceptors (Lipinski definition) is 3. The third-order valence-electron chi connectivity index (χ3n) is 4.05. The first kappa shape index (κ1) is 17.5. The zero-order valence-electron chi connectivity index (χ0n) is 14.4. The number of hydrogen-bond donors (Lipinski definition) is 1. The number of benzene rings is 2. The van der Waals surface area contributed by atoms with Crippen molar-refractivity contribution in [1.82, 2.24) is 4.57 Å². The average molecular weight is 349 g/mol. The number of carboxylic acid groups (broad SMARTS) is 1. The molecule has 3 rings (SSSR count). The van der Waals surface area contributed by atoms with Crippen LogP contribution in [0.2, 0.25) is 0 Å². The van der Waals surface area contributed by atoms with E-state index in [4.69, 9.17) is 9.84 Å². The van der Waals surface area contributed by atoms with Gasteiger partial charge in [0.15, 0.2) is 0 Å². The molecule has 0 amide bonds. The van der Waals surface area contributed by atoms with Gasteiger partial charge < -0.3 is 14.4 Å². The molecule has 26 heavy (non-hydrogen) atoms. The van der Waals surface area contributed by atoms with Crippen molar-refractivity contribution in [3.05, 3.63) is 88.3 Å².